The molecule has 102 valence electrons. The van der Waals surface area contributed by atoms with E-state index in [0.29, 0.717) is 6.61 Å². The molecule has 0 saturated carbocycles. The molecule has 4 rings (SSSR count). The lowest BCUT2D eigenvalue weighted by atomic mass is 9.99. The van der Waals surface area contributed by atoms with Crippen molar-refractivity contribution in [2.24, 2.45) is 0 Å². The third-order valence-electron chi connectivity index (χ3n) is 3.54. The topological polar surface area (TPSA) is 35.3 Å². The molecule has 0 bridgehead atoms. The van der Waals surface area contributed by atoms with Gasteiger partial charge in [-0.25, -0.2) is 4.98 Å². The summed E-state index contributed by atoms with van der Waals surface area (Å²) < 4.78 is 10.9. The Morgan fingerprint density at radius 1 is 0.905 bits per heavy atom. The molecular weight excluding hydrogens is 262 g/mol. The normalized spacial score (nSPS) is 14.5. The molecule has 1 aromatic carbocycles. The summed E-state index contributed by atoms with van der Waals surface area (Å²) in [6.45, 7) is 0.550. The number of ether oxygens (including phenoxy) is 1. The number of benzene rings is 1. The monoisotopic (exact) mass is 275 g/mol. The van der Waals surface area contributed by atoms with E-state index in [1.54, 1.807) is 12.5 Å². The van der Waals surface area contributed by atoms with Crippen molar-refractivity contribution < 1.29 is 9.15 Å². The van der Waals surface area contributed by atoms with Gasteiger partial charge in [-0.1, -0.05) is 24.3 Å². The van der Waals surface area contributed by atoms with Crippen molar-refractivity contribution >= 4 is 22.0 Å². The third kappa shape index (κ3) is 2.13. The smallest absolute Gasteiger partial charge is 0.137 e. The third-order valence-corrected chi connectivity index (χ3v) is 3.54. The number of para-hydroxylation sites is 1. The second-order valence-corrected chi connectivity index (χ2v) is 4.85. The number of furan rings is 1. The molecule has 0 saturated heterocycles. The lowest BCUT2D eigenvalue weighted by Crippen LogP contribution is -2.00. The number of hydrogen-bond donors (Lipinski definition) is 0. The van der Waals surface area contributed by atoms with Crippen LogP contribution < -0.4 is 0 Å². The van der Waals surface area contributed by atoms with Gasteiger partial charge in [0.05, 0.1) is 29.3 Å². The van der Waals surface area contributed by atoms with Crippen LogP contribution in [0.3, 0.4) is 0 Å². The van der Waals surface area contributed by atoms with Gasteiger partial charge in [0.15, 0.2) is 0 Å². The first-order chi connectivity index (χ1) is 10.4. The zero-order valence-electron chi connectivity index (χ0n) is 11.3. The van der Waals surface area contributed by atoms with E-state index in [1.807, 2.05) is 42.5 Å². The lowest BCUT2D eigenvalue weighted by Gasteiger charge is -2.15. The molecule has 0 spiro atoms. The largest absolute Gasteiger partial charge is 0.496 e. The molecule has 2 aromatic heterocycles. The Balaban J connectivity index is 1.83. The van der Waals surface area contributed by atoms with Gasteiger partial charge < -0.3 is 9.15 Å². The molecule has 0 amide bonds. The zero-order chi connectivity index (χ0) is 14.1. The fourth-order valence-electron chi connectivity index (χ4n) is 2.52. The molecule has 0 fully saturated rings. The quantitative estimate of drug-likeness (QED) is 0.700. The molecule has 0 radical (unpaired) electrons. The van der Waals surface area contributed by atoms with Crippen LogP contribution in [-0.2, 0) is 4.74 Å². The Hall–Kier alpha value is -2.81. The molecular formula is C18H13NO2. The maximum Gasteiger partial charge on any atom is 0.137 e. The van der Waals surface area contributed by atoms with E-state index in [9.17, 15) is 0 Å². The molecule has 0 N–H and O–H groups in total. The molecule has 0 atom stereocenters. The summed E-state index contributed by atoms with van der Waals surface area (Å²) in [7, 11) is 0. The fraction of sp³-hybridized carbons (Fsp3) is 0.0556. The Morgan fingerprint density at radius 3 is 2.76 bits per heavy atom. The van der Waals surface area contributed by atoms with Crippen molar-refractivity contribution in [2.45, 2.75) is 0 Å². The number of fused-ring (bicyclic) bond motifs is 1. The highest BCUT2D eigenvalue weighted by Gasteiger charge is 2.17. The van der Waals surface area contributed by atoms with Gasteiger partial charge in [0.25, 0.3) is 0 Å². The van der Waals surface area contributed by atoms with E-state index in [2.05, 4.69) is 12.1 Å². The maximum absolute atomic E-state index is 5.50. The Labute approximate surface area is 122 Å². The minimum absolute atomic E-state index is 0.550. The van der Waals surface area contributed by atoms with Crippen LogP contribution in [-0.4, -0.2) is 11.6 Å². The van der Waals surface area contributed by atoms with E-state index in [-0.39, 0.29) is 0 Å². The highest BCUT2D eigenvalue weighted by Crippen LogP contribution is 2.33. The van der Waals surface area contributed by atoms with Gasteiger partial charge in [-0.15, -0.1) is 0 Å². The first-order valence-electron chi connectivity index (χ1n) is 6.84. The average Bonchev–Trinajstić information content (AvgIpc) is 3.09. The van der Waals surface area contributed by atoms with Gasteiger partial charge in [-0.05, 0) is 30.3 Å². The Bertz CT molecular complexity index is 845. The Kier molecular flexibility index (Phi) is 2.82. The molecule has 1 aliphatic rings. The minimum atomic E-state index is 0.550. The SMILES string of the molecule is C1=C(c2ccc3ccccc3n2)C(c2ccco2)=COC1. The summed E-state index contributed by atoms with van der Waals surface area (Å²) in [5.74, 6) is 0.788. The van der Waals surface area contributed by atoms with Crippen LogP contribution in [0.1, 0.15) is 11.5 Å². The number of hydrogen-bond acceptors (Lipinski definition) is 3. The second kappa shape index (κ2) is 4.94. The van der Waals surface area contributed by atoms with Gasteiger partial charge in [0, 0.05) is 11.0 Å². The van der Waals surface area contributed by atoms with Crippen LogP contribution in [0.25, 0.3) is 22.0 Å². The molecule has 3 heterocycles. The van der Waals surface area contributed by atoms with Crippen molar-refractivity contribution in [3.8, 4) is 0 Å². The molecule has 3 nitrogen and oxygen atoms in total. The Morgan fingerprint density at radius 2 is 1.86 bits per heavy atom. The van der Waals surface area contributed by atoms with E-state index >= 15 is 0 Å². The molecule has 21 heavy (non-hydrogen) atoms. The van der Waals surface area contributed by atoms with E-state index in [4.69, 9.17) is 14.1 Å². The predicted molar refractivity (Wildman–Crippen MR) is 82.4 cm³/mol. The van der Waals surface area contributed by atoms with Gasteiger partial charge in [-0.3, -0.25) is 0 Å². The van der Waals surface area contributed by atoms with Gasteiger partial charge in [0.2, 0.25) is 0 Å². The van der Waals surface area contributed by atoms with Crippen molar-refractivity contribution in [1.82, 2.24) is 4.98 Å². The van der Waals surface area contributed by atoms with E-state index in [0.717, 1.165) is 33.5 Å². The summed E-state index contributed by atoms with van der Waals surface area (Å²) in [5, 5.41) is 1.14. The van der Waals surface area contributed by atoms with Crippen molar-refractivity contribution in [2.75, 3.05) is 6.61 Å². The summed E-state index contributed by atoms with van der Waals surface area (Å²) in [5.41, 5.74) is 3.89. The molecule has 0 unspecified atom stereocenters. The number of pyridine rings is 1. The summed E-state index contributed by atoms with van der Waals surface area (Å²) in [4.78, 5) is 4.75. The fourth-order valence-corrected chi connectivity index (χ4v) is 2.52. The van der Waals surface area contributed by atoms with Gasteiger partial charge in [-0.2, -0.15) is 0 Å². The maximum atomic E-state index is 5.50. The number of aromatic nitrogens is 1. The van der Waals surface area contributed by atoms with Crippen LogP contribution in [0.2, 0.25) is 0 Å². The second-order valence-electron chi connectivity index (χ2n) is 4.85. The first-order valence-corrected chi connectivity index (χ1v) is 6.84. The summed E-state index contributed by atoms with van der Waals surface area (Å²) in [6.07, 6.45) is 5.44. The summed E-state index contributed by atoms with van der Waals surface area (Å²) in [6, 6.07) is 16.0. The predicted octanol–water partition coefficient (Wildman–Crippen LogP) is 4.28. The van der Waals surface area contributed by atoms with Crippen molar-refractivity contribution in [1.29, 1.82) is 0 Å². The van der Waals surface area contributed by atoms with Crippen LogP contribution in [0.15, 0.2) is 71.5 Å². The lowest BCUT2D eigenvalue weighted by molar-refractivity contribution is 0.288. The van der Waals surface area contributed by atoms with Gasteiger partial charge >= 0.3 is 0 Å². The number of rotatable bonds is 2. The minimum Gasteiger partial charge on any atom is -0.496 e. The van der Waals surface area contributed by atoms with E-state index < -0.39 is 0 Å². The molecule has 1 aliphatic heterocycles. The van der Waals surface area contributed by atoms with Crippen LogP contribution >= 0.6 is 0 Å². The molecule has 0 aliphatic carbocycles. The van der Waals surface area contributed by atoms with Gasteiger partial charge in [0.1, 0.15) is 12.4 Å². The average molecular weight is 275 g/mol. The van der Waals surface area contributed by atoms with Crippen LogP contribution in [0.4, 0.5) is 0 Å². The van der Waals surface area contributed by atoms with Crippen molar-refractivity contribution in [3.05, 3.63) is 78.6 Å². The number of allylic oxidation sites excluding steroid dienone is 2. The molecule has 3 aromatic rings. The summed E-state index contributed by atoms with van der Waals surface area (Å²) >= 11 is 0. The highest BCUT2D eigenvalue weighted by atomic mass is 16.5. The highest BCUT2D eigenvalue weighted by molar-refractivity contribution is 6.03. The first kappa shape index (κ1) is 12.0. The number of nitrogens with zero attached hydrogens (tertiary/aromatic N) is 1. The van der Waals surface area contributed by atoms with Crippen LogP contribution in [0, 0.1) is 0 Å². The van der Waals surface area contributed by atoms with E-state index in [1.165, 1.54) is 0 Å². The molecule has 3 heteroatoms. The van der Waals surface area contributed by atoms with Crippen LogP contribution in [0.5, 0.6) is 0 Å². The zero-order valence-corrected chi connectivity index (χ0v) is 11.3. The standard InChI is InChI=1S/C18H13NO2/c1-2-5-16-13(4-1)7-8-17(19-16)14-9-11-20-12-15(14)18-6-3-10-21-18/h1-10,12H,11H2. The van der Waals surface area contributed by atoms with Crippen molar-refractivity contribution in [3.63, 3.8) is 0 Å².